The smallest absolute Gasteiger partial charge is 0.323 e. The van der Waals surface area contributed by atoms with Gasteiger partial charge in [-0.25, -0.2) is 9.89 Å². The maximum Gasteiger partial charge on any atom is 0.323 e. The van der Waals surface area contributed by atoms with Crippen LogP contribution in [0.5, 0.6) is 0 Å². The Balaban J connectivity index is 1.36. The van der Waals surface area contributed by atoms with Gasteiger partial charge in [-0.15, -0.1) is 0 Å². The Morgan fingerprint density at radius 1 is 0.879 bits per heavy atom. The lowest BCUT2D eigenvalue weighted by atomic mass is 9.97. The summed E-state index contributed by atoms with van der Waals surface area (Å²) in [5.41, 5.74) is 3.29. The van der Waals surface area contributed by atoms with Gasteiger partial charge in [0.15, 0.2) is 5.69 Å². The third-order valence-corrected chi connectivity index (χ3v) is 5.73. The molecule has 3 N–H and O–H groups in total. The predicted octanol–water partition coefficient (Wildman–Crippen LogP) is 3.77. The van der Waals surface area contributed by atoms with Crippen LogP contribution in [0.2, 0.25) is 0 Å². The van der Waals surface area contributed by atoms with Crippen molar-refractivity contribution in [2.45, 2.75) is 13.0 Å². The normalized spacial score (nSPS) is 12.8. The summed E-state index contributed by atoms with van der Waals surface area (Å²) in [7, 11) is 0. The van der Waals surface area contributed by atoms with E-state index in [0.717, 1.165) is 16.8 Å². The molecule has 1 aromatic heterocycles. The number of amides is 3. The quantitative estimate of drug-likeness (QED) is 0.452. The second kappa shape index (κ2) is 8.58. The van der Waals surface area contributed by atoms with Gasteiger partial charge in [0.1, 0.15) is 0 Å². The molecule has 0 saturated carbocycles. The number of rotatable bonds is 3. The third-order valence-electron chi connectivity index (χ3n) is 5.73. The van der Waals surface area contributed by atoms with E-state index in [1.165, 1.54) is 0 Å². The molecule has 0 spiro atoms. The summed E-state index contributed by atoms with van der Waals surface area (Å²) in [6, 6.07) is 21.5. The molecule has 0 fully saturated rings. The van der Waals surface area contributed by atoms with E-state index >= 15 is 0 Å². The van der Waals surface area contributed by atoms with Gasteiger partial charge in [0.05, 0.1) is 5.39 Å². The Kier molecular flexibility index (Phi) is 5.32. The fraction of sp³-hybridized carbons (Fsp3) is 0.120. The highest BCUT2D eigenvalue weighted by atomic mass is 16.2. The maximum atomic E-state index is 13.3. The number of fused-ring (bicyclic) bond motifs is 2. The van der Waals surface area contributed by atoms with Gasteiger partial charge in [-0.05, 0) is 41.8 Å². The highest BCUT2D eigenvalue weighted by Gasteiger charge is 2.26. The van der Waals surface area contributed by atoms with Crippen LogP contribution in [-0.4, -0.2) is 33.6 Å². The van der Waals surface area contributed by atoms with Crippen molar-refractivity contribution in [1.82, 2.24) is 15.1 Å². The molecule has 0 unspecified atom stereocenters. The molecule has 8 nitrogen and oxygen atoms in total. The van der Waals surface area contributed by atoms with E-state index < -0.39 is 0 Å². The lowest BCUT2D eigenvalue weighted by Crippen LogP contribution is -2.37. The number of nitrogens with one attached hydrogen (secondary N) is 3. The van der Waals surface area contributed by atoms with Crippen molar-refractivity contribution in [2.75, 3.05) is 17.2 Å². The largest absolute Gasteiger partial charge is 0.333 e. The average Bonchev–Trinajstić information content (AvgIpc) is 2.84. The summed E-state index contributed by atoms with van der Waals surface area (Å²) in [4.78, 5) is 39.5. The minimum Gasteiger partial charge on any atom is -0.333 e. The monoisotopic (exact) mass is 439 g/mol. The first kappa shape index (κ1) is 20.4. The third kappa shape index (κ3) is 4.06. The van der Waals surface area contributed by atoms with Crippen LogP contribution < -0.4 is 16.2 Å². The zero-order chi connectivity index (χ0) is 22.8. The van der Waals surface area contributed by atoms with Crippen molar-refractivity contribution in [3.05, 3.63) is 100.0 Å². The molecule has 4 aromatic rings. The molecule has 164 valence electrons. The topological polar surface area (TPSA) is 107 Å². The Morgan fingerprint density at radius 3 is 2.45 bits per heavy atom. The molecule has 0 atom stereocenters. The zero-order valence-corrected chi connectivity index (χ0v) is 17.7. The lowest BCUT2D eigenvalue weighted by Gasteiger charge is -2.30. The van der Waals surface area contributed by atoms with Crippen LogP contribution in [-0.2, 0) is 13.0 Å². The molecule has 3 amide bonds. The fourth-order valence-corrected chi connectivity index (χ4v) is 4.13. The van der Waals surface area contributed by atoms with E-state index in [1.54, 1.807) is 29.2 Å². The first-order valence-electron chi connectivity index (χ1n) is 10.6. The summed E-state index contributed by atoms with van der Waals surface area (Å²) >= 11 is 0. The van der Waals surface area contributed by atoms with Crippen LogP contribution in [0.25, 0.3) is 10.8 Å². The Morgan fingerprint density at radius 2 is 1.64 bits per heavy atom. The average molecular weight is 439 g/mol. The van der Waals surface area contributed by atoms with Gasteiger partial charge in [-0.2, -0.15) is 5.10 Å². The van der Waals surface area contributed by atoms with E-state index in [0.29, 0.717) is 36.0 Å². The van der Waals surface area contributed by atoms with Crippen LogP contribution in [0.15, 0.2) is 77.6 Å². The standard InChI is InChI=1S/C25H21N5O3/c31-23-20-11-5-4-10-19(20)22(28-29-23)24(32)30-14-13-18-16(15-30)7-6-12-21(18)27-25(33)26-17-8-2-1-3-9-17/h1-12H,13-15H2,(H,29,31)(H2,26,27,33). The number of carbonyl (C=O) groups excluding carboxylic acids is 2. The molecular formula is C25H21N5O3. The molecule has 33 heavy (non-hydrogen) atoms. The minimum absolute atomic E-state index is 0.227. The van der Waals surface area contributed by atoms with E-state index in [1.807, 2.05) is 48.5 Å². The van der Waals surface area contributed by atoms with E-state index in [9.17, 15) is 14.4 Å². The zero-order valence-electron chi connectivity index (χ0n) is 17.7. The van der Waals surface area contributed by atoms with Gasteiger partial charge in [-0.3, -0.25) is 9.59 Å². The summed E-state index contributed by atoms with van der Waals surface area (Å²) in [5, 5.41) is 13.2. The van der Waals surface area contributed by atoms with Crippen LogP contribution in [0, 0.1) is 0 Å². The second-order valence-electron chi connectivity index (χ2n) is 7.81. The number of urea groups is 1. The molecule has 0 saturated heterocycles. The summed E-state index contributed by atoms with van der Waals surface area (Å²) in [6.45, 7) is 0.860. The molecule has 3 aromatic carbocycles. The van der Waals surface area contributed by atoms with Gasteiger partial charge in [0.25, 0.3) is 11.5 Å². The van der Waals surface area contributed by atoms with Crippen molar-refractivity contribution in [3.8, 4) is 0 Å². The Bertz CT molecular complexity index is 1410. The number of carbonyl (C=O) groups is 2. The summed E-state index contributed by atoms with van der Waals surface area (Å²) in [6.07, 6.45) is 0.587. The van der Waals surface area contributed by atoms with Gasteiger partial charge in [0, 0.05) is 29.9 Å². The predicted molar refractivity (Wildman–Crippen MR) is 126 cm³/mol. The molecule has 0 radical (unpaired) electrons. The highest BCUT2D eigenvalue weighted by molar-refractivity contribution is 6.05. The van der Waals surface area contributed by atoms with Gasteiger partial charge < -0.3 is 15.5 Å². The number of hydrogen-bond donors (Lipinski definition) is 3. The molecule has 0 bridgehead atoms. The van der Waals surface area contributed by atoms with Gasteiger partial charge in [-0.1, -0.05) is 48.5 Å². The van der Waals surface area contributed by atoms with Gasteiger partial charge >= 0.3 is 6.03 Å². The van der Waals surface area contributed by atoms with Crippen molar-refractivity contribution in [1.29, 1.82) is 0 Å². The molecule has 1 aliphatic heterocycles. The maximum absolute atomic E-state index is 13.3. The summed E-state index contributed by atoms with van der Waals surface area (Å²) in [5.74, 6) is -0.242. The van der Waals surface area contributed by atoms with Crippen molar-refractivity contribution < 1.29 is 9.59 Å². The Labute approximate surface area is 189 Å². The van der Waals surface area contributed by atoms with Crippen LogP contribution in [0.3, 0.4) is 0 Å². The fourth-order valence-electron chi connectivity index (χ4n) is 4.13. The minimum atomic E-state index is -0.323. The number of aromatic amines is 1. The Hall–Kier alpha value is -4.46. The highest BCUT2D eigenvalue weighted by Crippen LogP contribution is 2.28. The molecule has 8 heteroatoms. The SMILES string of the molecule is O=C(Nc1ccccc1)Nc1cccc2c1CCN(C(=O)c1n[nH]c(=O)c3ccccc13)C2. The molecule has 1 aliphatic rings. The number of aromatic nitrogens is 2. The number of benzene rings is 3. The number of para-hydroxylation sites is 1. The van der Waals surface area contributed by atoms with Gasteiger partial charge in [0.2, 0.25) is 0 Å². The number of H-pyrrole nitrogens is 1. The second-order valence-corrected chi connectivity index (χ2v) is 7.81. The van der Waals surface area contributed by atoms with Crippen LogP contribution in [0.1, 0.15) is 21.6 Å². The first-order chi connectivity index (χ1) is 16.1. The van der Waals surface area contributed by atoms with E-state index in [2.05, 4.69) is 20.8 Å². The van der Waals surface area contributed by atoms with Crippen molar-refractivity contribution in [2.24, 2.45) is 0 Å². The number of nitrogens with zero attached hydrogens (tertiary/aromatic N) is 2. The first-order valence-corrected chi connectivity index (χ1v) is 10.6. The molecule has 0 aliphatic carbocycles. The molecular weight excluding hydrogens is 418 g/mol. The van der Waals surface area contributed by atoms with E-state index in [4.69, 9.17) is 0 Å². The van der Waals surface area contributed by atoms with Crippen LogP contribution in [0.4, 0.5) is 16.2 Å². The van der Waals surface area contributed by atoms with Crippen molar-refractivity contribution >= 4 is 34.1 Å². The lowest BCUT2D eigenvalue weighted by molar-refractivity contribution is 0.0730. The molecule has 2 heterocycles. The number of anilines is 2. The summed E-state index contributed by atoms with van der Waals surface area (Å²) < 4.78 is 0. The van der Waals surface area contributed by atoms with Crippen LogP contribution >= 0.6 is 0 Å². The van der Waals surface area contributed by atoms with Crippen molar-refractivity contribution in [3.63, 3.8) is 0 Å². The molecule has 5 rings (SSSR count). The number of hydrogen-bond acceptors (Lipinski definition) is 4. The van der Waals surface area contributed by atoms with E-state index in [-0.39, 0.29) is 23.2 Å².